The standard InChI is InChI=1S/C19H22N6O4S2/c1-15-6-7-19(16(2)12-15)31(28,29)24-10-8-23(9-11-24)30(26,27)18-5-3-4-17(13-18)25-14-20-21-22-25/h3-7,12-14H,8-11H2,1-2H3. The van der Waals surface area contributed by atoms with Crippen LogP contribution in [0, 0.1) is 13.8 Å². The lowest BCUT2D eigenvalue weighted by molar-refractivity contribution is 0.272. The monoisotopic (exact) mass is 462 g/mol. The lowest BCUT2D eigenvalue weighted by atomic mass is 10.2. The van der Waals surface area contributed by atoms with Crippen molar-refractivity contribution in [3.05, 3.63) is 59.9 Å². The zero-order valence-electron chi connectivity index (χ0n) is 17.1. The van der Waals surface area contributed by atoms with E-state index in [0.29, 0.717) is 11.3 Å². The summed E-state index contributed by atoms with van der Waals surface area (Å²) in [4.78, 5) is 0.356. The maximum atomic E-state index is 13.1. The quantitative estimate of drug-likeness (QED) is 0.554. The SMILES string of the molecule is Cc1ccc(S(=O)(=O)N2CCN(S(=O)(=O)c3cccc(-n4cnnn4)c3)CC2)c(C)c1. The second kappa shape index (κ2) is 8.11. The van der Waals surface area contributed by atoms with Gasteiger partial charge in [0.15, 0.2) is 0 Å². The molecule has 12 heteroatoms. The number of rotatable bonds is 5. The molecule has 0 unspecified atom stereocenters. The van der Waals surface area contributed by atoms with E-state index in [0.717, 1.165) is 5.56 Å². The minimum absolute atomic E-state index is 0.0710. The summed E-state index contributed by atoms with van der Waals surface area (Å²) in [5.41, 5.74) is 2.17. The van der Waals surface area contributed by atoms with Gasteiger partial charge in [-0.3, -0.25) is 0 Å². The van der Waals surface area contributed by atoms with Crippen LogP contribution in [0.25, 0.3) is 5.69 Å². The number of benzene rings is 2. The summed E-state index contributed by atoms with van der Waals surface area (Å²) < 4.78 is 56.4. The Hall–Kier alpha value is -2.67. The van der Waals surface area contributed by atoms with Crippen LogP contribution in [-0.2, 0) is 20.0 Å². The molecule has 1 aromatic heterocycles. The molecule has 1 aliphatic heterocycles. The Bertz CT molecular complexity index is 1300. The molecule has 4 rings (SSSR count). The van der Waals surface area contributed by atoms with Crippen molar-refractivity contribution in [2.45, 2.75) is 23.6 Å². The highest BCUT2D eigenvalue weighted by molar-refractivity contribution is 7.89. The molecule has 31 heavy (non-hydrogen) atoms. The predicted octanol–water partition coefficient (Wildman–Crippen LogP) is 0.974. The smallest absolute Gasteiger partial charge is 0.207 e. The fourth-order valence-electron chi connectivity index (χ4n) is 3.59. The van der Waals surface area contributed by atoms with Crippen LogP contribution >= 0.6 is 0 Å². The summed E-state index contributed by atoms with van der Waals surface area (Å²) in [6.45, 7) is 3.98. The molecular weight excluding hydrogens is 440 g/mol. The summed E-state index contributed by atoms with van der Waals surface area (Å²) in [5.74, 6) is 0. The second-order valence-electron chi connectivity index (χ2n) is 7.33. The number of sulfonamides is 2. The van der Waals surface area contributed by atoms with Crippen LogP contribution in [0.5, 0.6) is 0 Å². The van der Waals surface area contributed by atoms with Gasteiger partial charge < -0.3 is 0 Å². The highest BCUT2D eigenvalue weighted by atomic mass is 32.2. The van der Waals surface area contributed by atoms with Gasteiger partial charge in [-0.15, -0.1) is 5.10 Å². The lowest BCUT2D eigenvalue weighted by Gasteiger charge is -2.33. The van der Waals surface area contributed by atoms with Gasteiger partial charge in [-0.1, -0.05) is 23.8 Å². The minimum atomic E-state index is -3.79. The largest absolute Gasteiger partial charge is 0.243 e. The first-order valence-corrected chi connectivity index (χ1v) is 12.5. The molecule has 10 nitrogen and oxygen atoms in total. The van der Waals surface area contributed by atoms with Crippen LogP contribution in [0.4, 0.5) is 0 Å². The number of piperazine rings is 1. The molecule has 164 valence electrons. The van der Waals surface area contributed by atoms with Crippen molar-refractivity contribution < 1.29 is 16.8 Å². The molecule has 1 fully saturated rings. The van der Waals surface area contributed by atoms with E-state index in [1.807, 2.05) is 13.0 Å². The average molecular weight is 463 g/mol. The average Bonchev–Trinajstić information content (AvgIpc) is 3.29. The van der Waals surface area contributed by atoms with E-state index in [1.165, 1.54) is 31.8 Å². The minimum Gasteiger partial charge on any atom is -0.207 e. The fraction of sp³-hybridized carbons (Fsp3) is 0.316. The molecule has 0 aliphatic carbocycles. The van der Waals surface area contributed by atoms with Crippen molar-refractivity contribution in [3.63, 3.8) is 0 Å². The molecule has 0 radical (unpaired) electrons. The molecule has 0 saturated carbocycles. The predicted molar refractivity (Wildman–Crippen MR) is 113 cm³/mol. The van der Waals surface area contributed by atoms with Gasteiger partial charge in [0.1, 0.15) is 6.33 Å². The summed E-state index contributed by atoms with van der Waals surface area (Å²) in [6.07, 6.45) is 1.38. The summed E-state index contributed by atoms with van der Waals surface area (Å²) >= 11 is 0. The van der Waals surface area contributed by atoms with Crippen LogP contribution in [0.3, 0.4) is 0 Å². The first-order chi connectivity index (χ1) is 14.7. The van der Waals surface area contributed by atoms with E-state index in [4.69, 9.17) is 0 Å². The molecule has 2 heterocycles. The number of aryl methyl sites for hydroxylation is 2. The number of aromatic nitrogens is 4. The molecule has 0 bridgehead atoms. The van der Waals surface area contributed by atoms with Crippen LogP contribution < -0.4 is 0 Å². The Kier molecular flexibility index (Phi) is 5.64. The summed E-state index contributed by atoms with van der Waals surface area (Å²) in [6, 6.07) is 11.5. The van der Waals surface area contributed by atoms with Gasteiger partial charge in [-0.25, -0.2) is 21.5 Å². The van der Waals surface area contributed by atoms with Gasteiger partial charge >= 0.3 is 0 Å². The van der Waals surface area contributed by atoms with E-state index in [-0.39, 0.29) is 36.0 Å². The van der Waals surface area contributed by atoms with Crippen molar-refractivity contribution in [1.29, 1.82) is 0 Å². The third kappa shape index (κ3) is 4.11. The van der Waals surface area contributed by atoms with E-state index in [9.17, 15) is 16.8 Å². The second-order valence-corrected chi connectivity index (χ2v) is 11.2. The van der Waals surface area contributed by atoms with Crippen molar-refractivity contribution in [2.24, 2.45) is 0 Å². The topological polar surface area (TPSA) is 118 Å². The lowest BCUT2D eigenvalue weighted by Crippen LogP contribution is -2.50. The Balaban J connectivity index is 1.52. The molecule has 0 spiro atoms. The van der Waals surface area contributed by atoms with E-state index >= 15 is 0 Å². The van der Waals surface area contributed by atoms with Crippen LogP contribution in [0.15, 0.2) is 58.6 Å². The first-order valence-electron chi connectivity index (χ1n) is 9.60. The number of hydrogen-bond acceptors (Lipinski definition) is 7. The highest BCUT2D eigenvalue weighted by Gasteiger charge is 2.34. The highest BCUT2D eigenvalue weighted by Crippen LogP contribution is 2.25. The third-order valence-corrected chi connectivity index (χ3v) is 9.17. The van der Waals surface area contributed by atoms with Gasteiger partial charge in [0.05, 0.1) is 15.5 Å². The summed E-state index contributed by atoms with van der Waals surface area (Å²) in [5, 5.41) is 10.9. The molecular formula is C19H22N6O4S2. The van der Waals surface area contributed by atoms with Gasteiger partial charge in [-0.05, 0) is 54.1 Å². The number of tetrazole rings is 1. The molecule has 1 aliphatic rings. The molecule has 2 aromatic carbocycles. The van der Waals surface area contributed by atoms with Crippen molar-refractivity contribution in [2.75, 3.05) is 26.2 Å². The zero-order valence-corrected chi connectivity index (χ0v) is 18.7. The van der Waals surface area contributed by atoms with Crippen LogP contribution in [0.2, 0.25) is 0 Å². The zero-order chi connectivity index (χ0) is 22.2. The number of hydrogen-bond donors (Lipinski definition) is 0. The van der Waals surface area contributed by atoms with Crippen molar-refractivity contribution >= 4 is 20.0 Å². The summed E-state index contributed by atoms with van der Waals surface area (Å²) in [7, 11) is -7.49. The Morgan fingerprint density at radius 1 is 0.839 bits per heavy atom. The normalized spacial score (nSPS) is 16.5. The van der Waals surface area contributed by atoms with E-state index in [1.54, 1.807) is 31.2 Å². The van der Waals surface area contributed by atoms with Gasteiger partial charge in [0.25, 0.3) is 0 Å². The first kappa shape index (κ1) is 21.6. The molecule has 3 aromatic rings. The Morgan fingerprint density at radius 2 is 1.52 bits per heavy atom. The van der Waals surface area contributed by atoms with Crippen LogP contribution in [-0.4, -0.2) is 71.8 Å². The molecule has 0 N–H and O–H groups in total. The van der Waals surface area contributed by atoms with Crippen molar-refractivity contribution in [3.8, 4) is 5.69 Å². The molecule has 0 amide bonds. The Labute approximate surface area is 181 Å². The molecule has 1 saturated heterocycles. The van der Waals surface area contributed by atoms with Crippen LogP contribution in [0.1, 0.15) is 11.1 Å². The third-order valence-electron chi connectivity index (χ3n) is 5.21. The van der Waals surface area contributed by atoms with Gasteiger partial charge in [-0.2, -0.15) is 8.61 Å². The van der Waals surface area contributed by atoms with E-state index in [2.05, 4.69) is 15.5 Å². The van der Waals surface area contributed by atoms with E-state index < -0.39 is 20.0 Å². The maximum absolute atomic E-state index is 13.1. The molecule has 0 atom stereocenters. The number of nitrogens with zero attached hydrogens (tertiary/aromatic N) is 6. The Morgan fingerprint density at radius 3 is 2.13 bits per heavy atom. The fourth-order valence-corrected chi connectivity index (χ4v) is 6.68. The van der Waals surface area contributed by atoms with Crippen molar-refractivity contribution in [1.82, 2.24) is 28.8 Å². The van der Waals surface area contributed by atoms with Gasteiger partial charge in [0.2, 0.25) is 20.0 Å². The maximum Gasteiger partial charge on any atom is 0.243 e. The van der Waals surface area contributed by atoms with Gasteiger partial charge in [0, 0.05) is 26.2 Å².